The van der Waals surface area contributed by atoms with E-state index in [0.717, 1.165) is 0 Å². The van der Waals surface area contributed by atoms with E-state index in [2.05, 4.69) is 0 Å². The zero-order valence-electron chi connectivity index (χ0n) is 7.71. The highest BCUT2D eigenvalue weighted by Gasteiger charge is 1.97. The van der Waals surface area contributed by atoms with Gasteiger partial charge in [0.15, 0.2) is 0 Å². The SMILES string of the molecule is CCO/C=C/CCC(=O)OCC. The van der Waals surface area contributed by atoms with E-state index >= 15 is 0 Å². The van der Waals surface area contributed by atoms with Crippen molar-refractivity contribution in [2.75, 3.05) is 13.2 Å². The molecule has 0 aromatic carbocycles. The van der Waals surface area contributed by atoms with Gasteiger partial charge in [-0.3, -0.25) is 4.79 Å². The van der Waals surface area contributed by atoms with E-state index in [1.54, 1.807) is 13.2 Å². The van der Waals surface area contributed by atoms with Crippen LogP contribution in [0.15, 0.2) is 12.3 Å². The maximum atomic E-state index is 10.8. The monoisotopic (exact) mass is 172 g/mol. The summed E-state index contributed by atoms with van der Waals surface area (Å²) in [6.45, 7) is 4.83. The van der Waals surface area contributed by atoms with Crippen LogP contribution in [0.3, 0.4) is 0 Å². The van der Waals surface area contributed by atoms with Gasteiger partial charge in [-0.25, -0.2) is 0 Å². The lowest BCUT2D eigenvalue weighted by molar-refractivity contribution is -0.143. The molecule has 0 rings (SSSR count). The number of esters is 1. The smallest absolute Gasteiger partial charge is 0.306 e. The fraction of sp³-hybridized carbons (Fsp3) is 0.667. The number of hydrogen-bond donors (Lipinski definition) is 0. The van der Waals surface area contributed by atoms with Gasteiger partial charge in [-0.05, 0) is 26.3 Å². The van der Waals surface area contributed by atoms with E-state index < -0.39 is 0 Å². The Labute approximate surface area is 73.4 Å². The standard InChI is InChI=1S/C9H16O3/c1-3-11-8-6-5-7-9(10)12-4-2/h6,8H,3-5,7H2,1-2H3/b8-6+. The molecule has 0 amide bonds. The zero-order valence-corrected chi connectivity index (χ0v) is 7.71. The molecule has 12 heavy (non-hydrogen) atoms. The zero-order chi connectivity index (χ0) is 9.23. The van der Waals surface area contributed by atoms with Crippen LogP contribution in [0.5, 0.6) is 0 Å². The van der Waals surface area contributed by atoms with Crippen LogP contribution >= 0.6 is 0 Å². The molecule has 0 aromatic rings. The third kappa shape index (κ3) is 7.12. The maximum absolute atomic E-state index is 10.8. The summed E-state index contributed by atoms with van der Waals surface area (Å²) in [5.74, 6) is -0.154. The van der Waals surface area contributed by atoms with E-state index in [4.69, 9.17) is 9.47 Å². The van der Waals surface area contributed by atoms with E-state index in [0.29, 0.717) is 26.1 Å². The largest absolute Gasteiger partial charge is 0.502 e. The second-order valence-corrected chi connectivity index (χ2v) is 2.17. The fourth-order valence-corrected chi connectivity index (χ4v) is 0.667. The van der Waals surface area contributed by atoms with E-state index in [1.807, 2.05) is 13.0 Å². The fourth-order valence-electron chi connectivity index (χ4n) is 0.667. The second kappa shape index (κ2) is 8.11. The summed E-state index contributed by atoms with van der Waals surface area (Å²) in [6.07, 6.45) is 4.54. The van der Waals surface area contributed by atoms with Gasteiger partial charge in [-0.2, -0.15) is 0 Å². The van der Waals surface area contributed by atoms with Gasteiger partial charge in [0.25, 0.3) is 0 Å². The van der Waals surface area contributed by atoms with Gasteiger partial charge in [0.05, 0.1) is 19.5 Å². The van der Waals surface area contributed by atoms with Crippen LogP contribution in [0.1, 0.15) is 26.7 Å². The number of rotatable bonds is 6. The number of carbonyl (C=O) groups is 1. The highest BCUT2D eigenvalue weighted by Crippen LogP contribution is 1.94. The molecular weight excluding hydrogens is 156 g/mol. The van der Waals surface area contributed by atoms with Crippen LogP contribution in [-0.2, 0) is 14.3 Å². The van der Waals surface area contributed by atoms with Gasteiger partial charge in [0.2, 0.25) is 0 Å². The van der Waals surface area contributed by atoms with Gasteiger partial charge < -0.3 is 9.47 Å². The van der Waals surface area contributed by atoms with Crippen molar-refractivity contribution in [2.24, 2.45) is 0 Å². The number of allylic oxidation sites excluding steroid dienone is 1. The Morgan fingerprint density at radius 2 is 2.08 bits per heavy atom. The first-order valence-corrected chi connectivity index (χ1v) is 4.23. The molecule has 0 N–H and O–H groups in total. The molecule has 0 bridgehead atoms. The van der Waals surface area contributed by atoms with Gasteiger partial charge in [-0.15, -0.1) is 0 Å². The molecule has 0 spiro atoms. The molecule has 0 unspecified atom stereocenters. The molecule has 0 radical (unpaired) electrons. The van der Waals surface area contributed by atoms with Gasteiger partial charge in [0.1, 0.15) is 0 Å². The Kier molecular flexibility index (Phi) is 7.44. The van der Waals surface area contributed by atoms with E-state index in [1.165, 1.54) is 0 Å². The van der Waals surface area contributed by atoms with Crippen molar-refractivity contribution in [3.8, 4) is 0 Å². The molecule has 0 heterocycles. The van der Waals surface area contributed by atoms with E-state index in [9.17, 15) is 4.79 Å². The highest BCUT2D eigenvalue weighted by molar-refractivity contribution is 5.69. The van der Waals surface area contributed by atoms with Crippen LogP contribution in [-0.4, -0.2) is 19.2 Å². The Balaban J connectivity index is 3.24. The first kappa shape index (κ1) is 11.0. The molecule has 3 nitrogen and oxygen atoms in total. The van der Waals surface area contributed by atoms with Crippen molar-refractivity contribution in [3.63, 3.8) is 0 Å². The summed E-state index contributed by atoms with van der Waals surface area (Å²) in [6, 6.07) is 0. The third-order valence-corrected chi connectivity index (χ3v) is 1.18. The molecule has 0 saturated carbocycles. The summed E-state index contributed by atoms with van der Waals surface area (Å²) < 4.78 is 9.68. The van der Waals surface area contributed by atoms with Crippen molar-refractivity contribution in [3.05, 3.63) is 12.3 Å². The molecule has 0 aromatic heterocycles. The molecular formula is C9H16O3. The second-order valence-electron chi connectivity index (χ2n) is 2.17. The summed E-state index contributed by atoms with van der Waals surface area (Å²) in [5.41, 5.74) is 0. The van der Waals surface area contributed by atoms with Crippen molar-refractivity contribution in [1.82, 2.24) is 0 Å². The lowest BCUT2D eigenvalue weighted by atomic mass is 10.3. The predicted octanol–water partition coefficient (Wildman–Crippen LogP) is 1.88. The van der Waals surface area contributed by atoms with Crippen molar-refractivity contribution in [2.45, 2.75) is 26.7 Å². The quantitative estimate of drug-likeness (QED) is 0.453. The topological polar surface area (TPSA) is 35.5 Å². The number of ether oxygens (including phenoxy) is 2. The number of hydrogen-bond acceptors (Lipinski definition) is 3. The maximum Gasteiger partial charge on any atom is 0.306 e. The average molecular weight is 172 g/mol. The molecule has 0 atom stereocenters. The molecule has 3 heteroatoms. The minimum atomic E-state index is -0.154. The van der Waals surface area contributed by atoms with Gasteiger partial charge in [0, 0.05) is 6.42 Å². The van der Waals surface area contributed by atoms with Crippen LogP contribution in [0.2, 0.25) is 0 Å². The van der Waals surface area contributed by atoms with E-state index in [-0.39, 0.29) is 5.97 Å². The predicted molar refractivity (Wildman–Crippen MR) is 46.6 cm³/mol. The average Bonchev–Trinajstić information content (AvgIpc) is 2.05. The van der Waals surface area contributed by atoms with Crippen LogP contribution < -0.4 is 0 Å². The third-order valence-electron chi connectivity index (χ3n) is 1.18. The Morgan fingerprint density at radius 1 is 1.33 bits per heavy atom. The summed E-state index contributed by atoms with van der Waals surface area (Å²) in [7, 11) is 0. The van der Waals surface area contributed by atoms with Crippen LogP contribution in [0.25, 0.3) is 0 Å². The van der Waals surface area contributed by atoms with Crippen LogP contribution in [0, 0.1) is 0 Å². The van der Waals surface area contributed by atoms with Crippen molar-refractivity contribution >= 4 is 5.97 Å². The normalized spacial score (nSPS) is 10.2. The van der Waals surface area contributed by atoms with Crippen molar-refractivity contribution in [1.29, 1.82) is 0 Å². The van der Waals surface area contributed by atoms with Gasteiger partial charge >= 0.3 is 5.97 Å². The Morgan fingerprint density at radius 3 is 2.67 bits per heavy atom. The molecule has 0 aliphatic rings. The Hall–Kier alpha value is -0.990. The summed E-state index contributed by atoms with van der Waals surface area (Å²) in [5, 5.41) is 0. The lowest BCUT2D eigenvalue weighted by Gasteiger charge is -1.98. The summed E-state index contributed by atoms with van der Waals surface area (Å²) in [4.78, 5) is 10.8. The minimum absolute atomic E-state index is 0.154. The Bertz CT molecular complexity index is 141. The molecule has 0 fully saturated rings. The number of carbonyl (C=O) groups excluding carboxylic acids is 1. The first-order chi connectivity index (χ1) is 5.81. The molecule has 0 saturated heterocycles. The molecule has 0 aliphatic heterocycles. The molecule has 0 aliphatic carbocycles. The minimum Gasteiger partial charge on any atom is -0.502 e. The molecule has 70 valence electrons. The summed E-state index contributed by atoms with van der Waals surface area (Å²) >= 11 is 0. The van der Waals surface area contributed by atoms with Gasteiger partial charge in [-0.1, -0.05) is 0 Å². The highest BCUT2D eigenvalue weighted by atomic mass is 16.5. The lowest BCUT2D eigenvalue weighted by Crippen LogP contribution is -2.02. The van der Waals surface area contributed by atoms with Crippen LogP contribution in [0.4, 0.5) is 0 Å². The first-order valence-electron chi connectivity index (χ1n) is 4.23. The van der Waals surface area contributed by atoms with Crippen molar-refractivity contribution < 1.29 is 14.3 Å².